The average molecular weight is 167 g/mol. The molecule has 0 bridgehead atoms. The highest BCUT2D eigenvalue weighted by molar-refractivity contribution is 4.70. The summed E-state index contributed by atoms with van der Waals surface area (Å²) >= 11 is 0. The Bertz CT molecular complexity index is 84.5. The molecular formula is C7H15F2NO. The van der Waals surface area contributed by atoms with Gasteiger partial charge in [-0.05, 0) is 13.0 Å². The van der Waals surface area contributed by atoms with Gasteiger partial charge in [-0.2, -0.15) is 8.78 Å². The number of rotatable bonds is 2. The summed E-state index contributed by atoms with van der Waals surface area (Å²) in [6.45, 7) is 2.73. The lowest BCUT2D eigenvalue weighted by molar-refractivity contribution is -0.156. The van der Waals surface area contributed by atoms with Crippen molar-refractivity contribution < 1.29 is 13.5 Å². The van der Waals surface area contributed by atoms with Crippen LogP contribution in [0.3, 0.4) is 0 Å². The normalized spacial score (nSPS) is 23.2. The molecule has 1 saturated heterocycles. The van der Waals surface area contributed by atoms with Crippen LogP contribution in [0.4, 0.5) is 8.78 Å². The fourth-order valence-electron chi connectivity index (χ4n) is 0.890. The zero-order chi connectivity index (χ0) is 8.69. The Morgan fingerprint density at radius 2 is 2.09 bits per heavy atom. The van der Waals surface area contributed by atoms with Crippen LogP contribution in [-0.4, -0.2) is 25.8 Å². The first-order valence-corrected chi connectivity index (χ1v) is 3.93. The van der Waals surface area contributed by atoms with Gasteiger partial charge < -0.3 is 10.1 Å². The van der Waals surface area contributed by atoms with Crippen LogP contribution in [0.1, 0.15) is 20.3 Å². The summed E-state index contributed by atoms with van der Waals surface area (Å²) in [6, 6.07) is 0. The summed E-state index contributed by atoms with van der Waals surface area (Å²) < 4.78 is 27.1. The van der Waals surface area contributed by atoms with E-state index in [0.29, 0.717) is 13.0 Å². The first-order chi connectivity index (χ1) is 5.29. The fraction of sp³-hybridized carbons (Fsp3) is 1.00. The van der Waals surface area contributed by atoms with E-state index in [1.807, 2.05) is 13.8 Å². The van der Waals surface area contributed by atoms with E-state index in [9.17, 15) is 8.78 Å². The quantitative estimate of drug-likeness (QED) is 0.674. The molecule has 0 radical (unpaired) electrons. The number of hydrogen-bond acceptors (Lipinski definition) is 2. The Balaban J connectivity index is 0.000000461. The lowest BCUT2D eigenvalue weighted by Crippen LogP contribution is -2.19. The van der Waals surface area contributed by atoms with Gasteiger partial charge in [-0.1, -0.05) is 13.8 Å². The van der Waals surface area contributed by atoms with Crippen molar-refractivity contribution in [3.05, 3.63) is 0 Å². The molecule has 0 aromatic rings. The summed E-state index contributed by atoms with van der Waals surface area (Å²) in [5.41, 5.74) is 0. The van der Waals surface area contributed by atoms with Crippen molar-refractivity contribution in [2.75, 3.05) is 13.1 Å². The second kappa shape index (κ2) is 6.49. The van der Waals surface area contributed by atoms with Gasteiger partial charge in [0.15, 0.2) is 0 Å². The molecule has 0 amide bonds. The standard InChI is InChI=1S/C5H9F2NO.C2H6/c6-5(7)9-4-1-2-8-3-4;1-2/h4-5,8H,1-3H2;1-2H3/t4-;/m0./s1. The monoisotopic (exact) mass is 167 g/mol. The van der Waals surface area contributed by atoms with Crippen molar-refractivity contribution in [1.82, 2.24) is 5.32 Å². The largest absolute Gasteiger partial charge is 0.345 e. The van der Waals surface area contributed by atoms with Gasteiger partial charge in [-0.3, -0.25) is 0 Å². The minimum atomic E-state index is -2.62. The molecule has 0 saturated carbocycles. The molecule has 0 spiro atoms. The Morgan fingerprint density at radius 3 is 2.45 bits per heavy atom. The van der Waals surface area contributed by atoms with Crippen molar-refractivity contribution >= 4 is 0 Å². The van der Waals surface area contributed by atoms with Crippen LogP contribution in [0.5, 0.6) is 0 Å². The van der Waals surface area contributed by atoms with E-state index >= 15 is 0 Å². The molecule has 0 aliphatic carbocycles. The van der Waals surface area contributed by atoms with E-state index in [4.69, 9.17) is 0 Å². The van der Waals surface area contributed by atoms with E-state index in [1.165, 1.54) is 0 Å². The lowest BCUT2D eigenvalue weighted by atomic mass is 10.3. The zero-order valence-electron chi connectivity index (χ0n) is 6.94. The zero-order valence-corrected chi connectivity index (χ0v) is 6.94. The number of nitrogens with one attached hydrogen (secondary N) is 1. The van der Waals surface area contributed by atoms with Gasteiger partial charge in [0.1, 0.15) is 0 Å². The van der Waals surface area contributed by atoms with Gasteiger partial charge in [0.25, 0.3) is 0 Å². The van der Waals surface area contributed by atoms with Gasteiger partial charge in [0.2, 0.25) is 0 Å². The minimum Gasteiger partial charge on any atom is -0.318 e. The van der Waals surface area contributed by atoms with Gasteiger partial charge in [0, 0.05) is 6.54 Å². The fourth-order valence-corrected chi connectivity index (χ4v) is 0.890. The van der Waals surface area contributed by atoms with Crippen molar-refractivity contribution in [1.29, 1.82) is 0 Å². The lowest BCUT2D eigenvalue weighted by Gasteiger charge is -2.07. The van der Waals surface area contributed by atoms with Crippen LogP contribution in [0.15, 0.2) is 0 Å². The number of hydrogen-bond donors (Lipinski definition) is 1. The third kappa shape index (κ3) is 5.09. The maximum Gasteiger partial charge on any atom is 0.345 e. The molecule has 0 unspecified atom stereocenters. The van der Waals surface area contributed by atoms with Crippen molar-refractivity contribution in [3.8, 4) is 0 Å². The Kier molecular flexibility index (Phi) is 6.36. The predicted octanol–water partition coefficient (Wildman–Crippen LogP) is 1.61. The molecule has 68 valence electrons. The van der Waals surface area contributed by atoms with Gasteiger partial charge in [-0.15, -0.1) is 0 Å². The van der Waals surface area contributed by atoms with E-state index in [2.05, 4.69) is 10.1 Å². The van der Waals surface area contributed by atoms with Crippen molar-refractivity contribution in [2.45, 2.75) is 33.0 Å². The van der Waals surface area contributed by atoms with Gasteiger partial charge in [0.05, 0.1) is 6.10 Å². The maximum atomic E-state index is 11.4. The molecule has 4 heteroatoms. The summed E-state index contributed by atoms with van der Waals surface area (Å²) in [6.07, 6.45) is 0.426. The summed E-state index contributed by atoms with van der Waals surface area (Å²) in [7, 11) is 0. The molecule has 1 aliphatic heterocycles. The molecule has 2 nitrogen and oxygen atoms in total. The molecule has 1 heterocycles. The third-order valence-electron chi connectivity index (χ3n) is 1.31. The third-order valence-corrected chi connectivity index (χ3v) is 1.31. The van der Waals surface area contributed by atoms with Crippen LogP contribution in [0.25, 0.3) is 0 Å². The van der Waals surface area contributed by atoms with Crippen LogP contribution in [-0.2, 0) is 4.74 Å². The molecule has 11 heavy (non-hydrogen) atoms. The predicted molar refractivity (Wildman–Crippen MR) is 39.7 cm³/mol. The molecule has 1 aliphatic rings. The SMILES string of the molecule is CC.FC(F)O[C@H]1CCNC1. The molecule has 1 N–H and O–H groups in total. The Hall–Kier alpha value is -0.220. The highest BCUT2D eigenvalue weighted by Gasteiger charge is 2.18. The molecule has 0 aromatic heterocycles. The second-order valence-corrected chi connectivity index (χ2v) is 2.01. The number of halogens is 2. The molecule has 0 aromatic carbocycles. The van der Waals surface area contributed by atoms with E-state index in [0.717, 1.165) is 6.54 Å². The van der Waals surface area contributed by atoms with Crippen LogP contribution in [0, 0.1) is 0 Å². The number of ether oxygens (including phenoxy) is 1. The van der Waals surface area contributed by atoms with E-state index in [1.54, 1.807) is 0 Å². The van der Waals surface area contributed by atoms with E-state index in [-0.39, 0.29) is 6.10 Å². The maximum absolute atomic E-state index is 11.4. The van der Waals surface area contributed by atoms with Crippen molar-refractivity contribution in [2.24, 2.45) is 0 Å². The molecule has 1 fully saturated rings. The molecular weight excluding hydrogens is 152 g/mol. The molecule has 1 atom stereocenters. The van der Waals surface area contributed by atoms with Crippen LogP contribution in [0.2, 0.25) is 0 Å². The first-order valence-electron chi connectivity index (χ1n) is 3.93. The highest BCUT2D eigenvalue weighted by Crippen LogP contribution is 2.07. The first kappa shape index (κ1) is 10.8. The summed E-state index contributed by atoms with van der Waals surface area (Å²) in [4.78, 5) is 0. The summed E-state index contributed by atoms with van der Waals surface area (Å²) in [5.74, 6) is 0. The van der Waals surface area contributed by atoms with Crippen LogP contribution < -0.4 is 5.32 Å². The Morgan fingerprint density at radius 1 is 1.45 bits per heavy atom. The van der Waals surface area contributed by atoms with Gasteiger partial charge >= 0.3 is 6.61 Å². The highest BCUT2D eigenvalue weighted by atomic mass is 19.3. The van der Waals surface area contributed by atoms with E-state index < -0.39 is 6.61 Å². The Labute approximate surface area is 65.9 Å². The topological polar surface area (TPSA) is 21.3 Å². The van der Waals surface area contributed by atoms with Crippen LogP contribution >= 0.6 is 0 Å². The smallest absolute Gasteiger partial charge is 0.318 e. The summed E-state index contributed by atoms with van der Waals surface area (Å²) in [5, 5.41) is 2.92. The minimum absolute atomic E-state index is 0.273. The molecule has 1 rings (SSSR count). The second-order valence-electron chi connectivity index (χ2n) is 2.01. The average Bonchev–Trinajstić information content (AvgIpc) is 2.43. The van der Waals surface area contributed by atoms with Crippen molar-refractivity contribution in [3.63, 3.8) is 0 Å². The van der Waals surface area contributed by atoms with Gasteiger partial charge in [-0.25, -0.2) is 0 Å². The number of alkyl halides is 2.